The number of carboxylic acid groups (broad SMARTS) is 1. The molecule has 0 saturated carbocycles. The molecule has 0 unspecified atom stereocenters. The van der Waals surface area contributed by atoms with Gasteiger partial charge in [0.15, 0.2) is 0 Å². The largest absolute Gasteiger partial charge is 0.481 e. The summed E-state index contributed by atoms with van der Waals surface area (Å²) >= 11 is 3.39. The van der Waals surface area contributed by atoms with Crippen molar-refractivity contribution in [3.05, 3.63) is 22.7 Å². The van der Waals surface area contributed by atoms with E-state index in [2.05, 4.69) is 15.9 Å². The molecule has 96 valence electrons. The average Bonchev–Trinajstić information content (AvgIpc) is 2.31. The molecule has 0 radical (unpaired) electrons. The first-order valence-electron chi connectivity index (χ1n) is 5.52. The van der Waals surface area contributed by atoms with Crippen molar-refractivity contribution in [1.29, 1.82) is 0 Å². The molecule has 18 heavy (non-hydrogen) atoms. The zero-order chi connectivity index (χ0) is 13.3. The quantitative estimate of drug-likeness (QED) is 0.923. The molecule has 1 N–H and O–H groups in total. The highest BCUT2D eigenvalue weighted by Crippen LogP contribution is 2.35. The number of benzene rings is 1. The van der Waals surface area contributed by atoms with Crippen LogP contribution in [0.25, 0.3) is 0 Å². The molecule has 6 heteroatoms. The van der Waals surface area contributed by atoms with Gasteiger partial charge in [0.2, 0.25) is 5.91 Å². The van der Waals surface area contributed by atoms with Gasteiger partial charge in [-0.05, 0) is 18.2 Å². The van der Waals surface area contributed by atoms with Crippen LogP contribution in [0.3, 0.4) is 0 Å². The number of carboxylic acids is 1. The number of fused-ring (bicyclic) bond motifs is 1. The molecular weight excluding hydrogens is 300 g/mol. The number of likely N-dealkylation sites (N-methyl/N-ethyl adjacent to an activating group) is 1. The second kappa shape index (κ2) is 4.97. The van der Waals surface area contributed by atoms with E-state index in [0.717, 1.165) is 15.8 Å². The van der Waals surface area contributed by atoms with Gasteiger partial charge in [-0.15, -0.1) is 0 Å². The summed E-state index contributed by atoms with van der Waals surface area (Å²) in [5.41, 5.74) is 1.69. The van der Waals surface area contributed by atoms with Crippen molar-refractivity contribution in [3.8, 4) is 0 Å². The Hall–Kier alpha value is -1.56. The highest BCUT2D eigenvalue weighted by Gasteiger charge is 2.26. The van der Waals surface area contributed by atoms with Crippen LogP contribution in [0.1, 0.15) is 6.42 Å². The Morgan fingerprint density at radius 3 is 2.83 bits per heavy atom. The first-order valence-corrected chi connectivity index (χ1v) is 6.31. The molecule has 0 fully saturated rings. The summed E-state index contributed by atoms with van der Waals surface area (Å²) in [6.45, 7) is 0.547. The van der Waals surface area contributed by atoms with Crippen LogP contribution in [0.2, 0.25) is 0 Å². The second-order valence-electron chi connectivity index (χ2n) is 4.15. The van der Waals surface area contributed by atoms with Crippen LogP contribution in [0.4, 0.5) is 11.4 Å². The molecule has 0 aromatic heterocycles. The lowest BCUT2D eigenvalue weighted by Crippen LogP contribution is -2.44. The van der Waals surface area contributed by atoms with Crippen LogP contribution in [0, 0.1) is 0 Å². The molecule has 1 aromatic rings. The number of hydrogen-bond acceptors (Lipinski definition) is 3. The third-order valence-corrected chi connectivity index (χ3v) is 3.43. The molecule has 1 amide bonds. The standard InChI is InChI=1S/C12H13BrN2O3/c1-14-9-3-2-8(13)6-10(9)15(7-11(14)16)5-4-12(17)18/h2-3,6H,4-5,7H2,1H3,(H,17,18). The smallest absolute Gasteiger partial charge is 0.305 e. The summed E-state index contributed by atoms with van der Waals surface area (Å²) in [4.78, 5) is 25.9. The van der Waals surface area contributed by atoms with Gasteiger partial charge in [0.25, 0.3) is 0 Å². The van der Waals surface area contributed by atoms with E-state index in [4.69, 9.17) is 5.11 Å². The molecule has 2 rings (SSSR count). The minimum atomic E-state index is -0.863. The lowest BCUT2D eigenvalue weighted by atomic mass is 10.1. The Labute approximate surface area is 113 Å². The summed E-state index contributed by atoms with van der Waals surface area (Å²) in [5, 5.41) is 8.73. The minimum Gasteiger partial charge on any atom is -0.481 e. The van der Waals surface area contributed by atoms with Crippen LogP contribution in [0.5, 0.6) is 0 Å². The van der Waals surface area contributed by atoms with E-state index in [1.54, 1.807) is 16.8 Å². The van der Waals surface area contributed by atoms with Gasteiger partial charge in [-0.25, -0.2) is 0 Å². The van der Waals surface area contributed by atoms with Gasteiger partial charge in [-0.3, -0.25) is 9.59 Å². The number of halogens is 1. The number of carbonyl (C=O) groups excluding carboxylic acids is 1. The van der Waals surface area contributed by atoms with E-state index in [9.17, 15) is 9.59 Å². The molecule has 5 nitrogen and oxygen atoms in total. The highest BCUT2D eigenvalue weighted by molar-refractivity contribution is 9.10. The summed E-state index contributed by atoms with van der Waals surface area (Å²) in [5.74, 6) is -0.895. The fourth-order valence-corrected chi connectivity index (χ4v) is 2.30. The van der Waals surface area contributed by atoms with Gasteiger partial charge in [-0.1, -0.05) is 15.9 Å². The fraction of sp³-hybridized carbons (Fsp3) is 0.333. The Balaban J connectivity index is 2.33. The van der Waals surface area contributed by atoms with Crippen LogP contribution < -0.4 is 9.80 Å². The zero-order valence-electron chi connectivity index (χ0n) is 9.89. The number of anilines is 2. The Morgan fingerprint density at radius 1 is 1.44 bits per heavy atom. The van der Waals surface area contributed by atoms with Crippen LogP contribution in [-0.4, -0.2) is 37.1 Å². The molecule has 1 aliphatic rings. The van der Waals surface area contributed by atoms with E-state index in [0.29, 0.717) is 6.54 Å². The molecule has 1 aromatic carbocycles. The number of carbonyl (C=O) groups is 2. The molecular formula is C12H13BrN2O3. The number of amides is 1. The number of nitrogens with zero attached hydrogens (tertiary/aromatic N) is 2. The maximum absolute atomic E-state index is 11.8. The Kier molecular flexibility index (Phi) is 3.56. The van der Waals surface area contributed by atoms with Gasteiger partial charge in [0.1, 0.15) is 0 Å². The lowest BCUT2D eigenvalue weighted by Gasteiger charge is -2.35. The average molecular weight is 313 g/mol. The van der Waals surface area contributed by atoms with Crippen molar-refractivity contribution in [1.82, 2.24) is 0 Å². The first kappa shape index (κ1) is 12.9. The van der Waals surface area contributed by atoms with Crippen LogP contribution in [0.15, 0.2) is 22.7 Å². The van der Waals surface area contributed by atoms with Crippen molar-refractivity contribution in [2.75, 3.05) is 29.9 Å². The summed E-state index contributed by atoms with van der Waals surface area (Å²) in [7, 11) is 1.73. The van der Waals surface area contributed by atoms with Crippen molar-refractivity contribution < 1.29 is 14.7 Å². The van der Waals surface area contributed by atoms with Crippen LogP contribution in [-0.2, 0) is 9.59 Å². The molecule has 0 bridgehead atoms. The van der Waals surface area contributed by atoms with Gasteiger partial charge >= 0.3 is 5.97 Å². The molecule has 0 aliphatic carbocycles. The molecule has 1 heterocycles. The highest BCUT2D eigenvalue weighted by atomic mass is 79.9. The van der Waals surface area contributed by atoms with Crippen molar-refractivity contribution in [3.63, 3.8) is 0 Å². The van der Waals surface area contributed by atoms with Crippen molar-refractivity contribution >= 4 is 39.2 Å². The number of rotatable bonds is 3. The van der Waals surface area contributed by atoms with E-state index < -0.39 is 5.97 Å². The van der Waals surface area contributed by atoms with Crippen molar-refractivity contribution in [2.45, 2.75) is 6.42 Å². The van der Waals surface area contributed by atoms with E-state index >= 15 is 0 Å². The maximum atomic E-state index is 11.8. The minimum absolute atomic E-state index is 0.0168. The van der Waals surface area contributed by atoms with Crippen LogP contribution >= 0.6 is 15.9 Å². The summed E-state index contributed by atoms with van der Waals surface area (Å²) in [6.07, 6.45) is 0.0168. The summed E-state index contributed by atoms with van der Waals surface area (Å²) < 4.78 is 0.907. The van der Waals surface area contributed by atoms with Gasteiger partial charge in [0.05, 0.1) is 24.3 Å². The first-order chi connectivity index (χ1) is 8.49. The molecule has 0 atom stereocenters. The van der Waals surface area contributed by atoms with Gasteiger partial charge in [-0.2, -0.15) is 0 Å². The van der Waals surface area contributed by atoms with Crippen molar-refractivity contribution in [2.24, 2.45) is 0 Å². The normalized spacial score (nSPS) is 14.7. The van der Waals surface area contributed by atoms with E-state index in [-0.39, 0.29) is 18.9 Å². The maximum Gasteiger partial charge on any atom is 0.305 e. The molecule has 1 aliphatic heterocycles. The SMILES string of the molecule is CN1C(=O)CN(CCC(=O)O)c2cc(Br)ccc21. The summed E-state index contributed by atoms with van der Waals surface area (Å²) in [6, 6.07) is 5.62. The predicted molar refractivity (Wildman–Crippen MR) is 72.0 cm³/mol. The van der Waals surface area contributed by atoms with E-state index in [1.807, 2.05) is 18.2 Å². The monoisotopic (exact) mass is 312 g/mol. The fourth-order valence-electron chi connectivity index (χ4n) is 1.95. The third-order valence-electron chi connectivity index (χ3n) is 2.94. The topological polar surface area (TPSA) is 60.9 Å². The van der Waals surface area contributed by atoms with E-state index in [1.165, 1.54) is 0 Å². The predicted octanol–water partition coefficient (Wildman–Crippen LogP) is 1.71. The third kappa shape index (κ3) is 2.48. The Morgan fingerprint density at radius 2 is 2.17 bits per heavy atom. The molecule has 0 spiro atoms. The molecule has 0 saturated heterocycles. The second-order valence-corrected chi connectivity index (χ2v) is 5.07. The lowest BCUT2D eigenvalue weighted by molar-refractivity contribution is -0.136. The zero-order valence-corrected chi connectivity index (χ0v) is 11.5. The van der Waals surface area contributed by atoms with Gasteiger partial charge < -0.3 is 14.9 Å². The number of hydrogen-bond donors (Lipinski definition) is 1. The Bertz CT molecular complexity index is 504. The van der Waals surface area contributed by atoms with Gasteiger partial charge in [0, 0.05) is 18.1 Å². The number of aliphatic carboxylic acids is 1.